The van der Waals surface area contributed by atoms with Crippen LogP contribution >= 0.6 is 0 Å². The number of piperidine rings is 2. The number of nitrogens with zero attached hydrogens (tertiary/aromatic N) is 4. The van der Waals surface area contributed by atoms with Crippen molar-refractivity contribution in [2.75, 3.05) is 33.4 Å². The first kappa shape index (κ1) is 16.8. The lowest BCUT2D eigenvalue weighted by Crippen LogP contribution is -2.63. The van der Waals surface area contributed by atoms with Gasteiger partial charge < -0.3 is 14.5 Å². The molecule has 2 saturated heterocycles. The molecule has 1 aromatic heterocycles. The first-order chi connectivity index (χ1) is 11.7. The molecule has 0 radical (unpaired) electrons. The Hall–Kier alpha value is -2.02. The van der Waals surface area contributed by atoms with Gasteiger partial charge in [-0.05, 0) is 25.7 Å². The van der Waals surface area contributed by atoms with E-state index in [4.69, 9.17) is 4.74 Å². The summed E-state index contributed by atoms with van der Waals surface area (Å²) < 4.78 is 5.18. The lowest BCUT2D eigenvalue weighted by molar-refractivity contribution is -0.146. The monoisotopic (exact) mass is 332 g/mol. The van der Waals surface area contributed by atoms with Crippen LogP contribution in [0, 0.1) is 0 Å². The molecule has 0 aromatic carbocycles. The van der Waals surface area contributed by atoms with Gasteiger partial charge in [0.05, 0.1) is 18.3 Å². The van der Waals surface area contributed by atoms with Crippen LogP contribution in [-0.4, -0.2) is 70.5 Å². The van der Waals surface area contributed by atoms with Gasteiger partial charge in [0.25, 0.3) is 5.91 Å². The standard InChI is InChI=1S/C17H24N4O3/c1-24-11-10-21-15(22)4-2-5-17(21)6-3-9-20(13-17)16(23)14-12-18-7-8-19-14/h7-8,12H,2-6,9-11,13H2,1H3. The Labute approximate surface area is 142 Å². The van der Waals surface area contributed by atoms with Crippen molar-refractivity contribution >= 4 is 11.8 Å². The molecule has 1 aromatic rings. The van der Waals surface area contributed by atoms with Gasteiger partial charge in [-0.3, -0.25) is 14.6 Å². The van der Waals surface area contributed by atoms with E-state index in [2.05, 4.69) is 9.97 Å². The Kier molecular flexibility index (Phi) is 5.08. The number of carbonyl (C=O) groups excluding carboxylic acids is 2. The van der Waals surface area contributed by atoms with Gasteiger partial charge in [-0.25, -0.2) is 4.98 Å². The number of hydrogen-bond acceptors (Lipinski definition) is 5. The summed E-state index contributed by atoms with van der Waals surface area (Å²) in [5.74, 6) is 0.0685. The van der Waals surface area contributed by atoms with Crippen LogP contribution < -0.4 is 0 Å². The van der Waals surface area contributed by atoms with Gasteiger partial charge in [0.2, 0.25) is 5.91 Å². The SMILES string of the molecule is COCCN1C(=O)CCCC12CCCN(C(=O)c1cnccn1)C2. The van der Waals surface area contributed by atoms with Gasteiger partial charge in [0.1, 0.15) is 5.69 Å². The summed E-state index contributed by atoms with van der Waals surface area (Å²) in [6.07, 6.45) is 8.82. The summed E-state index contributed by atoms with van der Waals surface area (Å²) in [6, 6.07) is 0. The maximum absolute atomic E-state index is 12.7. The first-order valence-corrected chi connectivity index (χ1v) is 8.51. The summed E-state index contributed by atoms with van der Waals surface area (Å²) >= 11 is 0. The number of rotatable bonds is 4. The van der Waals surface area contributed by atoms with Crippen LogP contribution in [-0.2, 0) is 9.53 Å². The molecule has 7 heteroatoms. The predicted octanol–water partition coefficient (Wildman–Crippen LogP) is 1.11. The van der Waals surface area contributed by atoms with Crippen molar-refractivity contribution in [1.29, 1.82) is 0 Å². The first-order valence-electron chi connectivity index (χ1n) is 8.51. The van der Waals surface area contributed by atoms with E-state index in [1.54, 1.807) is 13.3 Å². The van der Waals surface area contributed by atoms with Gasteiger partial charge in [-0.15, -0.1) is 0 Å². The molecule has 0 saturated carbocycles. The topological polar surface area (TPSA) is 75.6 Å². The van der Waals surface area contributed by atoms with E-state index in [-0.39, 0.29) is 17.4 Å². The molecule has 3 rings (SSSR count). The molecule has 0 aliphatic carbocycles. The molecule has 2 amide bonds. The van der Waals surface area contributed by atoms with Crippen molar-refractivity contribution in [3.8, 4) is 0 Å². The molecular weight excluding hydrogens is 308 g/mol. The number of amides is 2. The summed E-state index contributed by atoms with van der Waals surface area (Å²) in [4.78, 5) is 37.1. The van der Waals surface area contributed by atoms with Gasteiger partial charge in [0, 0.05) is 45.6 Å². The third-order valence-corrected chi connectivity index (χ3v) is 5.05. The molecule has 2 aliphatic heterocycles. The molecule has 7 nitrogen and oxygen atoms in total. The third-order valence-electron chi connectivity index (χ3n) is 5.05. The normalized spacial score (nSPS) is 24.5. The fourth-order valence-corrected chi connectivity index (χ4v) is 3.93. The van der Waals surface area contributed by atoms with Gasteiger partial charge in [-0.1, -0.05) is 0 Å². The number of likely N-dealkylation sites (tertiary alicyclic amines) is 2. The van der Waals surface area contributed by atoms with E-state index in [1.807, 2.05) is 9.80 Å². The Balaban J connectivity index is 1.79. The minimum atomic E-state index is -0.260. The fourth-order valence-electron chi connectivity index (χ4n) is 3.93. The van der Waals surface area contributed by atoms with E-state index >= 15 is 0 Å². The Bertz CT molecular complexity index is 591. The van der Waals surface area contributed by atoms with E-state index in [1.165, 1.54) is 12.4 Å². The molecule has 2 fully saturated rings. The van der Waals surface area contributed by atoms with Crippen LogP contribution in [0.3, 0.4) is 0 Å². The number of methoxy groups -OCH3 is 1. The molecule has 1 spiro atoms. The minimum absolute atomic E-state index is 0.105. The van der Waals surface area contributed by atoms with Crippen LogP contribution in [0.4, 0.5) is 0 Å². The number of carbonyl (C=O) groups is 2. The molecule has 1 atom stereocenters. The zero-order valence-electron chi connectivity index (χ0n) is 14.1. The van der Waals surface area contributed by atoms with Crippen molar-refractivity contribution in [2.45, 2.75) is 37.6 Å². The van der Waals surface area contributed by atoms with Gasteiger partial charge >= 0.3 is 0 Å². The maximum Gasteiger partial charge on any atom is 0.274 e. The Morgan fingerprint density at radius 2 is 2.17 bits per heavy atom. The molecule has 24 heavy (non-hydrogen) atoms. The highest BCUT2D eigenvalue weighted by atomic mass is 16.5. The van der Waals surface area contributed by atoms with Crippen LogP contribution in [0.15, 0.2) is 18.6 Å². The highest BCUT2D eigenvalue weighted by Gasteiger charge is 2.45. The molecular formula is C17H24N4O3. The van der Waals surface area contributed by atoms with Crippen LogP contribution in [0.1, 0.15) is 42.6 Å². The van der Waals surface area contributed by atoms with Gasteiger partial charge in [-0.2, -0.15) is 0 Å². The molecule has 3 heterocycles. The molecule has 1 unspecified atom stereocenters. The predicted molar refractivity (Wildman–Crippen MR) is 87.3 cm³/mol. The lowest BCUT2D eigenvalue weighted by atomic mass is 9.79. The van der Waals surface area contributed by atoms with Crippen molar-refractivity contribution in [2.24, 2.45) is 0 Å². The zero-order valence-corrected chi connectivity index (χ0v) is 14.1. The second-order valence-corrected chi connectivity index (χ2v) is 6.54. The van der Waals surface area contributed by atoms with Crippen molar-refractivity contribution in [3.63, 3.8) is 0 Å². The second-order valence-electron chi connectivity index (χ2n) is 6.54. The van der Waals surface area contributed by atoms with Gasteiger partial charge in [0.15, 0.2) is 0 Å². The molecule has 130 valence electrons. The smallest absolute Gasteiger partial charge is 0.274 e. The average Bonchev–Trinajstić information content (AvgIpc) is 2.62. The fraction of sp³-hybridized carbons (Fsp3) is 0.647. The average molecular weight is 332 g/mol. The molecule has 0 N–H and O–H groups in total. The summed E-state index contributed by atoms with van der Waals surface area (Å²) in [5.41, 5.74) is 0.101. The molecule has 2 aliphatic rings. The highest BCUT2D eigenvalue weighted by Crippen LogP contribution is 2.36. The Morgan fingerprint density at radius 1 is 1.33 bits per heavy atom. The van der Waals surface area contributed by atoms with Crippen LogP contribution in [0.5, 0.6) is 0 Å². The molecule has 0 bridgehead atoms. The van der Waals surface area contributed by atoms with Crippen LogP contribution in [0.25, 0.3) is 0 Å². The van der Waals surface area contributed by atoms with Crippen molar-refractivity contribution < 1.29 is 14.3 Å². The highest BCUT2D eigenvalue weighted by molar-refractivity contribution is 5.92. The summed E-state index contributed by atoms with van der Waals surface area (Å²) in [5, 5.41) is 0. The third kappa shape index (κ3) is 3.26. The lowest BCUT2D eigenvalue weighted by Gasteiger charge is -2.52. The quantitative estimate of drug-likeness (QED) is 0.825. The number of aromatic nitrogens is 2. The van der Waals surface area contributed by atoms with E-state index in [0.717, 1.165) is 25.7 Å². The second kappa shape index (κ2) is 7.25. The summed E-state index contributed by atoms with van der Waals surface area (Å²) in [6.45, 7) is 2.37. The van der Waals surface area contributed by atoms with E-state index < -0.39 is 0 Å². The van der Waals surface area contributed by atoms with Crippen molar-refractivity contribution in [3.05, 3.63) is 24.3 Å². The largest absolute Gasteiger partial charge is 0.383 e. The van der Waals surface area contributed by atoms with Crippen LogP contribution in [0.2, 0.25) is 0 Å². The summed E-state index contributed by atoms with van der Waals surface area (Å²) in [7, 11) is 1.64. The van der Waals surface area contributed by atoms with E-state index in [0.29, 0.717) is 38.4 Å². The number of hydrogen-bond donors (Lipinski definition) is 0. The Morgan fingerprint density at radius 3 is 2.92 bits per heavy atom. The number of ether oxygens (including phenoxy) is 1. The van der Waals surface area contributed by atoms with Crippen molar-refractivity contribution in [1.82, 2.24) is 19.8 Å². The maximum atomic E-state index is 12.7. The van der Waals surface area contributed by atoms with E-state index in [9.17, 15) is 9.59 Å². The minimum Gasteiger partial charge on any atom is -0.383 e. The zero-order chi connectivity index (χ0) is 17.0.